The van der Waals surface area contributed by atoms with Crippen molar-refractivity contribution in [3.05, 3.63) is 0 Å². The second-order valence-electron chi connectivity index (χ2n) is 4.69. The van der Waals surface area contributed by atoms with Crippen molar-refractivity contribution in [3.63, 3.8) is 0 Å². The summed E-state index contributed by atoms with van der Waals surface area (Å²) in [4.78, 5) is 11.7. The van der Waals surface area contributed by atoms with Crippen molar-refractivity contribution >= 4 is 5.97 Å². The molecule has 0 aromatic rings. The molecule has 0 fully saturated rings. The summed E-state index contributed by atoms with van der Waals surface area (Å²) in [6.45, 7) is 3.93. The summed E-state index contributed by atoms with van der Waals surface area (Å²) < 4.78 is 42.7. The van der Waals surface area contributed by atoms with E-state index in [9.17, 15) is 18.0 Å². The van der Waals surface area contributed by atoms with Crippen molar-refractivity contribution in [2.45, 2.75) is 64.6 Å². The number of alkyl halides is 3. The molecule has 0 radical (unpaired) electrons. The van der Waals surface area contributed by atoms with Crippen LogP contribution in [0, 0.1) is 5.92 Å². The van der Waals surface area contributed by atoms with Crippen molar-refractivity contribution in [1.29, 1.82) is 0 Å². The Bertz CT molecular complexity index is 257. The molecule has 0 aromatic heterocycles. The van der Waals surface area contributed by atoms with E-state index in [1.54, 1.807) is 6.92 Å². The molecule has 0 aliphatic carbocycles. The zero-order chi connectivity index (χ0) is 14.9. The number of nitrogens with two attached hydrogens (primary N) is 1. The van der Waals surface area contributed by atoms with Crippen molar-refractivity contribution in [3.8, 4) is 0 Å². The molecule has 0 unspecified atom stereocenters. The Labute approximate surface area is 112 Å². The van der Waals surface area contributed by atoms with Gasteiger partial charge in [0.05, 0.1) is 12.5 Å². The molecule has 0 heterocycles. The first-order chi connectivity index (χ1) is 8.84. The summed E-state index contributed by atoms with van der Waals surface area (Å²) >= 11 is 0. The minimum atomic E-state index is -4.57. The van der Waals surface area contributed by atoms with Crippen LogP contribution >= 0.6 is 0 Å². The molecular formula is C13H24F3NO2. The Morgan fingerprint density at radius 2 is 1.79 bits per heavy atom. The third-order valence-corrected chi connectivity index (χ3v) is 2.93. The highest BCUT2D eigenvalue weighted by atomic mass is 19.4. The molecule has 0 saturated carbocycles. The highest BCUT2D eigenvalue weighted by Gasteiger charge is 2.45. The van der Waals surface area contributed by atoms with E-state index in [1.807, 2.05) is 6.92 Å². The number of rotatable bonds is 9. The molecule has 6 heteroatoms. The summed E-state index contributed by atoms with van der Waals surface area (Å²) in [5.74, 6) is -2.12. The van der Waals surface area contributed by atoms with Gasteiger partial charge in [0.2, 0.25) is 0 Å². The van der Waals surface area contributed by atoms with Gasteiger partial charge in [-0.2, -0.15) is 13.2 Å². The zero-order valence-corrected chi connectivity index (χ0v) is 11.6. The maximum absolute atomic E-state index is 12.6. The number of unbranched alkanes of at least 4 members (excludes halogenated alkanes) is 3. The lowest BCUT2D eigenvalue weighted by Crippen LogP contribution is -2.47. The van der Waals surface area contributed by atoms with E-state index < -0.39 is 24.1 Å². The number of ether oxygens (including phenoxy) is 1. The van der Waals surface area contributed by atoms with Gasteiger partial charge in [-0.3, -0.25) is 4.79 Å². The summed E-state index contributed by atoms with van der Waals surface area (Å²) in [7, 11) is 0. The maximum atomic E-state index is 12.6. The van der Waals surface area contributed by atoms with Crippen molar-refractivity contribution in [1.82, 2.24) is 0 Å². The van der Waals surface area contributed by atoms with Gasteiger partial charge in [0, 0.05) is 0 Å². The van der Waals surface area contributed by atoms with E-state index in [-0.39, 0.29) is 13.0 Å². The lowest BCUT2D eigenvalue weighted by molar-refractivity contribution is -0.177. The number of halogens is 3. The molecule has 0 aliphatic heterocycles. The highest BCUT2D eigenvalue weighted by Crippen LogP contribution is 2.28. The van der Waals surface area contributed by atoms with Gasteiger partial charge in [-0.25, -0.2) is 0 Å². The Kier molecular flexibility index (Phi) is 8.80. The van der Waals surface area contributed by atoms with E-state index in [2.05, 4.69) is 0 Å². The zero-order valence-electron chi connectivity index (χ0n) is 11.6. The van der Waals surface area contributed by atoms with Crippen LogP contribution in [0.4, 0.5) is 13.2 Å². The van der Waals surface area contributed by atoms with Crippen LogP contribution in [0.3, 0.4) is 0 Å². The van der Waals surface area contributed by atoms with Crippen molar-refractivity contribution < 1.29 is 22.7 Å². The van der Waals surface area contributed by atoms with Gasteiger partial charge in [0.25, 0.3) is 0 Å². The SMILES string of the molecule is CCCCCC[C@@H](C(=O)OCCC)[C@@H](N)C(F)(F)F. The summed E-state index contributed by atoms with van der Waals surface area (Å²) in [6, 6.07) is -2.14. The average Bonchev–Trinajstić information content (AvgIpc) is 2.34. The molecule has 0 spiro atoms. The van der Waals surface area contributed by atoms with E-state index in [0.717, 1.165) is 19.3 Å². The van der Waals surface area contributed by atoms with Gasteiger partial charge in [0.1, 0.15) is 6.04 Å². The molecule has 19 heavy (non-hydrogen) atoms. The second kappa shape index (κ2) is 9.18. The van der Waals surface area contributed by atoms with Gasteiger partial charge in [0.15, 0.2) is 0 Å². The minimum absolute atomic E-state index is 0.128. The fourth-order valence-electron chi connectivity index (χ4n) is 1.77. The van der Waals surface area contributed by atoms with E-state index in [1.165, 1.54) is 0 Å². The van der Waals surface area contributed by atoms with Crippen molar-refractivity contribution in [2.75, 3.05) is 6.61 Å². The van der Waals surface area contributed by atoms with Crippen molar-refractivity contribution in [2.24, 2.45) is 11.7 Å². The number of hydrogen-bond acceptors (Lipinski definition) is 3. The summed E-state index contributed by atoms with van der Waals surface area (Å²) in [6.07, 6.45) is -0.574. The largest absolute Gasteiger partial charge is 0.465 e. The number of carbonyl (C=O) groups is 1. The third kappa shape index (κ3) is 7.40. The van der Waals surface area contributed by atoms with Gasteiger partial charge in [-0.05, 0) is 12.8 Å². The molecule has 0 saturated heterocycles. The number of carbonyl (C=O) groups excluding carboxylic acids is 1. The Balaban J connectivity index is 4.50. The molecule has 2 atom stereocenters. The smallest absolute Gasteiger partial charge is 0.404 e. The highest BCUT2D eigenvalue weighted by molar-refractivity contribution is 5.73. The molecule has 0 aromatic carbocycles. The molecule has 0 aliphatic rings. The van der Waals surface area contributed by atoms with E-state index in [4.69, 9.17) is 10.5 Å². The van der Waals surface area contributed by atoms with Crippen LogP contribution in [0.25, 0.3) is 0 Å². The van der Waals surface area contributed by atoms with Gasteiger partial charge >= 0.3 is 12.1 Å². The lowest BCUT2D eigenvalue weighted by atomic mass is 9.93. The van der Waals surface area contributed by atoms with Crippen LogP contribution in [0.15, 0.2) is 0 Å². The Morgan fingerprint density at radius 3 is 2.26 bits per heavy atom. The molecular weight excluding hydrogens is 259 g/mol. The predicted octanol–water partition coefficient (Wildman–Crippen LogP) is 3.42. The molecule has 3 nitrogen and oxygen atoms in total. The minimum Gasteiger partial charge on any atom is -0.465 e. The Morgan fingerprint density at radius 1 is 1.16 bits per heavy atom. The maximum Gasteiger partial charge on any atom is 0.404 e. The normalized spacial score (nSPS) is 15.1. The first-order valence-corrected chi connectivity index (χ1v) is 6.83. The van der Waals surface area contributed by atoms with E-state index in [0.29, 0.717) is 12.8 Å². The third-order valence-electron chi connectivity index (χ3n) is 2.93. The summed E-state index contributed by atoms with van der Waals surface area (Å²) in [5, 5.41) is 0. The van der Waals surface area contributed by atoms with Crippen LogP contribution < -0.4 is 5.73 Å². The fraction of sp³-hybridized carbons (Fsp3) is 0.923. The van der Waals surface area contributed by atoms with Crippen LogP contribution in [-0.2, 0) is 9.53 Å². The molecule has 114 valence electrons. The van der Waals surface area contributed by atoms with Crippen LogP contribution in [0.2, 0.25) is 0 Å². The molecule has 0 rings (SSSR count). The first-order valence-electron chi connectivity index (χ1n) is 6.83. The second-order valence-corrected chi connectivity index (χ2v) is 4.69. The average molecular weight is 283 g/mol. The monoisotopic (exact) mass is 283 g/mol. The summed E-state index contributed by atoms with van der Waals surface area (Å²) in [5.41, 5.74) is 5.16. The standard InChI is InChI=1S/C13H24F3NO2/c1-3-5-6-7-8-10(11(17)13(14,15)16)12(18)19-9-4-2/h10-11H,3-9,17H2,1-2H3/t10-,11-/m1/s1. The molecule has 2 N–H and O–H groups in total. The van der Waals surface area contributed by atoms with E-state index >= 15 is 0 Å². The van der Waals surface area contributed by atoms with Gasteiger partial charge in [-0.15, -0.1) is 0 Å². The van der Waals surface area contributed by atoms with Crippen LogP contribution in [0.1, 0.15) is 52.4 Å². The van der Waals surface area contributed by atoms with Crippen LogP contribution in [0.5, 0.6) is 0 Å². The predicted molar refractivity (Wildman–Crippen MR) is 67.5 cm³/mol. The van der Waals surface area contributed by atoms with Crippen LogP contribution in [-0.4, -0.2) is 24.8 Å². The van der Waals surface area contributed by atoms with Gasteiger partial charge < -0.3 is 10.5 Å². The molecule has 0 amide bonds. The quantitative estimate of drug-likeness (QED) is 0.521. The number of esters is 1. The first kappa shape index (κ1) is 18.2. The van der Waals surface area contributed by atoms with Gasteiger partial charge in [-0.1, -0.05) is 39.5 Å². The Hall–Kier alpha value is -0.780. The number of hydrogen-bond donors (Lipinski definition) is 1. The molecule has 0 bridgehead atoms. The topological polar surface area (TPSA) is 52.3 Å². The lowest BCUT2D eigenvalue weighted by Gasteiger charge is -2.24. The fourth-order valence-corrected chi connectivity index (χ4v) is 1.77.